The molecule has 1 aliphatic heterocycles. The second-order valence-corrected chi connectivity index (χ2v) is 5.24. The van der Waals surface area contributed by atoms with Crippen molar-refractivity contribution >= 4 is 0 Å². The lowest BCUT2D eigenvalue weighted by atomic mass is 9.88. The van der Waals surface area contributed by atoms with Crippen LogP contribution in [-0.4, -0.2) is 30.1 Å². The molecule has 0 aliphatic carbocycles. The molecule has 0 saturated carbocycles. The fraction of sp³-hybridized carbons (Fsp3) is 0.600. The molecule has 1 heterocycles. The van der Waals surface area contributed by atoms with Crippen LogP contribution in [0, 0.1) is 11.6 Å². The average molecular weight is 268 g/mol. The van der Waals surface area contributed by atoms with Gasteiger partial charge in [-0.3, -0.25) is 4.90 Å². The summed E-state index contributed by atoms with van der Waals surface area (Å²) >= 11 is 0. The molecule has 0 unspecified atom stereocenters. The number of piperazine rings is 1. The van der Waals surface area contributed by atoms with Crippen LogP contribution < -0.4 is 5.32 Å². The minimum absolute atomic E-state index is 0.0526. The summed E-state index contributed by atoms with van der Waals surface area (Å²) in [6.07, 6.45) is 2.01. The quantitative estimate of drug-likeness (QED) is 0.903. The van der Waals surface area contributed by atoms with Crippen molar-refractivity contribution in [3.05, 3.63) is 35.4 Å². The minimum Gasteiger partial charge on any atom is -0.314 e. The van der Waals surface area contributed by atoms with Gasteiger partial charge in [-0.25, -0.2) is 8.78 Å². The SMILES string of the molecule is CCC1(CC)CNCCN1Cc1cccc(F)c1F. The highest BCUT2D eigenvalue weighted by atomic mass is 19.2. The summed E-state index contributed by atoms with van der Waals surface area (Å²) in [6.45, 7) is 7.48. The second kappa shape index (κ2) is 5.97. The van der Waals surface area contributed by atoms with Gasteiger partial charge >= 0.3 is 0 Å². The van der Waals surface area contributed by atoms with E-state index in [-0.39, 0.29) is 5.54 Å². The summed E-state index contributed by atoms with van der Waals surface area (Å²) < 4.78 is 27.1. The normalized spacial score (nSPS) is 19.6. The Morgan fingerprint density at radius 1 is 1.26 bits per heavy atom. The molecule has 1 aromatic rings. The van der Waals surface area contributed by atoms with E-state index in [0.29, 0.717) is 12.1 Å². The predicted octanol–water partition coefficient (Wildman–Crippen LogP) is 2.93. The Morgan fingerprint density at radius 3 is 2.68 bits per heavy atom. The Morgan fingerprint density at radius 2 is 2.00 bits per heavy atom. The van der Waals surface area contributed by atoms with Crippen molar-refractivity contribution < 1.29 is 8.78 Å². The van der Waals surface area contributed by atoms with Gasteiger partial charge in [-0.2, -0.15) is 0 Å². The maximum absolute atomic E-state index is 13.8. The molecule has 1 N–H and O–H groups in total. The van der Waals surface area contributed by atoms with Crippen molar-refractivity contribution in [1.29, 1.82) is 0 Å². The van der Waals surface area contributed by atoms with Crippen molar-refractivity contribution in [2.75, 3.05) is 19.6 Å². The van der Waals surface area contributed by atoms with Gasteiger partial charge in [-0.1, -0.05) is 26.0 Å². The highest BCUT2D eigenvalue weighted by molar-refractivity contribution is 5.19. The van der Waals surface area contributed by atoms with E-state index in [1.165, 1.54) is 6.07 Å². The van der Waals surface area contributed by atoms with E-state index < -0.39 is 11.6 Å². The van der Waals surface area contributed by atoms with E-state index in [1.54, 1.807) is 12.1 Å². The first-order chi connectivity index (χ1) is 9.13. The predicted molar refractivity (Wildman–Crippen MR) is 73.0 cm³/mol. The number of hydrogen-bond acceptors (Lipinski definition) is 2. The Kier molecular flexibility index (Phi) is 4.53. The van der Waals surface area contributed by atoms with Crippen LogP contribution in [0.4, 0.5) is 8.78 Å². The van der Waals surface area contributed by atoms with E-state index in [4.69, 9.17) is 0 Å². The summed E-state index contributed by atoms with van der Waals surface area (Å²) in [5.41, 5.74) is 0.505. The zero-order chi connectivity index (χ0) is 13.9. The summed E-state index contributed by atoms with van der Waals surface area (Å²) in [6, 6.07) is 4.43. The van der Waals surface area contributed by atoms with Crippen molar-refractivity contribution in [3.63, 3.8) is 0 Å². The van der Waals surface area contributed by atoms with E-state index in [2.05, 4.69) is 24.1 Å². The van der Waals surface area contributed by atoms with Crippen LogP contribution in [0.3, 0.4) is 0 Å². The molecule has 4 heteroatoms. The Bertz CT molecular complexity index is 430. The number of benzene rings is 1. The number of rotatable bonds is 4. The van der Waals surface area contributed by atoms with Gasteiger partial charge in [-0.05, 0) is 18.9 Å². The van der Waals surface area contributed by atoms with Crippen LogP contribution in [0.1, 0.15) is 32.3 Å². The molecule has 0 aromatic heterocycles. The fourth-order valence-corrected chi connectivity index (χ4v) is 2.95. The van der Waals surface area contributed by atoms with Crippen molar-refractivity contribution in [2.45, 2.75) is 38.8 Å². The number of nitrogens with zero attached hydrogens (tertiary/aromatic N) is 1. The van der Waals surface area contributed by atoms with E-state index in [9.17, 15) is 8.78 Å². The first kappa shape index (κ1) is 14.4. The third-order valence-corrected chi connectivity index (χ3v) is 4.39. The lowest BCUT2D eigenvalue weighted by Gasteiger charge is -2.47. The molecule has 1 saturated heterocycles. The first-order valence-electron chi connectivity index (χ1n) is 7.01. The smallest absolute Gasteiger partial charge is 0.163 e. The van der Waals surface area contributed by atoms with Gasteiger partial charge < -0.3 is 5.32 Å². The Labute approximate surface area is 113 Å². The zero-order valence-corrected chi connectivity index (χ0v) is 11.7. The van der Waals surface area contributed by atoms with Crippen molar-refractivity contribution in [2.24, 2.45) is 0 Å². The second-order valence-electron chi connectivity index (χ2n) is 5.24. The number of halogens is 2. The van der Waals surface area contributed by atoms with Crippen LogP contribution >= 0.6 is 0 Å². The maximum Gasteiger partial charge on any atom is 0.163 e. The first-order valence-corrected chi connectivity index (χ1v) is 7.01. The highest BCUT2D eigenvalue weighted by Crippen LogP contribution is 2.28. The van der Waals surface area contributed by atoms with Gasteiger partial charge in [-0.15, -0.1) is 0 Å². The van der Waals surface area contributed by atoms with E-state index in [0.717, 1.165) is 32.5 Å². The fourth-order valence-electron chi connectivity index (χ4n) is 2.95. The average Bonchev–Trinajstić information content (AvgIpc) is 2.44. The lowest BCUT2D eigenvalue weighted by molar-refractivity contribution is 0.0437. The molecule has 2 rings (SSSR count). The highest BCUT2D eigenvalue weighted by Gasteiger charge is 2.35. The molecule has 106 valence electrons. The third kappa shape index (κ3) is 2.79. The molecule has 0 spiro atoms. The number of hydrogen-bond donors (Lipinski definition) is 1. The molecule has 0 atom stereocenters. The Hall–Kier alpha value is -1.00. The van der Waals surface area contributed by atoms with Gasteiger partial charge in [0.25, 0.3) is 0 Å². The molecule has 19 heavy (non-hydrogen) atoms. The minimum atomic E-state index is -0.758. The lowest BCUT2D eigenvalue weighted by Crippen LogP contribution is -2.60. The number of nitrogens with one attached hydrogen (secondary N) is 1. The van der Waals surface area contributed by atoms with Crippen molar-refractivity contribution in [3.8, 4) is 0 Å². The van der Waals surface area contributed by atoms with Crippen LogP contribution in [-0.2, 0) is 6.54 Å². The molecule has 0 amide bonds. The molecule has 1 aromatic carbocycles. The summed E-state index contributed by atoms with van der Waals surface area (Å²) in [4.78, 5) is 2.29. The summed E-state index contributed by atoms with van der Waals surface area (Å²) in [5.74, 6) is -1.46. The zero-order valence-electron chi connectivity index (χ0n) is 11.7. The maximum atomic E-state index is 13.8. The molecule has 1 fully saturated rings. The largest absolute Gasteiger partial charge is 0.314 e. The van der Waals surface area contributed by atoms with Gasteiger partial charge in [0.05, 0.1) is 0 Å². The molecule has 0 radical (unpaired) electrons. The van der Waals surface area contributed by atoms with Crippen LogP contribution in [0.15, 0.2) is 18.2 Å². The van der Waals surface area contributed by atoms with Gasteiger partial charge in [0.2, 0.25) is 0 Å². The summed E-state index contributed by atoms with van der Waals surface area (Å²) in [5, 5.41) is 3.41. The van der Waals surface area contributed by atoms with Gasteiger partial charge in [0.1, 0.15) is 0 Å². The molecule has 1 aliphatic rings. The third-order valence-electron chi connectivity index (χ3n) is 4.39. The van der Waals surface area contributed by atoms with Crippen LogP contribution in [0.5, 0.6) is 0 Å². The van der Waals surface area contributed by atoms with Crippen LogP contribution in [0.2, 0.25) is 0 Å². The molecule has 0 bridgehead atoms. The van der Waals surface area contributed by atoms with Gasteiger partial charge in [0.15, 0.2) is 11.6 Å². The topological polar surface area (TPSA) is 15.3 Å². The van der Waals surface area contributed by atoms with Crippen LogP contribution in [0.25, 0.3) is 0 Å². The Balaban J connectivity index is 2.22. The van der Waals surface area contributed by atoms with Crippen molar-refractivity contribution in [1.82, 2.24) is 10.2 Å². The van der Waals surface area contributed by atoms with Gasteiger partial charge in [0, 0.05) is 37.3 Å². The molecular weight excluding hydrogens is 246 g/mol. The molecular formula is C15H22F2N2. The monoisotopic (exact) mass is 268 g/mol. The standard InChI is InChI=1S/C15H22F2N2/c1-3-15(4-2)11-18-8-9-19(15)10-12-6-5-7-13(16)14(12)17/h5-7,18H,3-4,8-11H2,1-2H3. The molecule has 2 nitrogen and oxygen atoms in total. The van der Waals surface area contributed by atoms with E-state index >= 15 is 0 Å². The van der Waals surface area contributed by atoms with E-state index in [1.807, 2.05) is 0 Å². The summed E-state index contributed by atoms with van der Waals surface area (Å²) in [7, 11) is 0.